The summed E-state index contributed by atoms with van der Waals surface area (Å²) in [6.45, 7) is 2.30. The molecule has 7 heteroatoms. The molecule has 7 nitrogen and oxygen atoms in total. The monoisotopic (exact) mass is 467 g/mol. The van der Waals surface area contributed by atoms with Gasteiger partial charge in [-0.1, -0.05) is 18.6 Å². The van der Waals surface area contributed by atoms with E-state index in [1.165, 1.54) is 25.5 Å². The SMILES string of the molecule is CCO[C@@H]1OC(C(=O)NC2CC3CCC2C3)=C[C@H](c2coc3ccccc3c2=O)[C@H]1CCCO. The van der Waals surface area contributed by atoms with Gasteiger partial charge in [0, 0.05) is 36.7 Å². The Kier molecular flexibility index (Phi) is 6.75. The first-order chi connectivity index (χ1) is 16.6. The van der Waals surface area contributed by atoms with Gasteiger partial charge in [-0.15, -0.1) is 0 Å². The Morgan fingerprint density at radius 3 is 2.82 bits per heavy atom. The molecule has 2 saturated carbocycles. The van der Waals surface area contributed by atoms with Gasteiger partial charge in [0.25, 0.3) is 5.91 Å². The lowest BCUT2D eigenvalue weighted by molar-refractivity contribution is -0.167. The summed E-state index contributed by atoms with van der Waals surface area (Å²) < 4.78 is 17.8. The van der Waals surface area contributed by atoms with Crippen LogP contribution in [0.5, 0.6) is 0 Å². The molecule has 1 amide bonds. The number of hydrogen-bond donors (Lipinski definition) is 2. The van der Waals surface area contributed by atoms with Crippen LogP contribution in [-0.4, -0.2) is 36.6 Å². The number of aliphatic hydroxyl groups is 1. The number of nitrogens with one attached hydrogen (secondary N) is 1. The quantitative estimate of drug-likeness (QED) is 0.612. The van der Waals surface area contributed by atoms with Gasteiger partial charge >= 0.3 is 0 Å². The Morgan fingerprint density at radius 2 is 2.09 bits per heavy atom. The second-order valence-electron chi connectivity index (χ2n) is 9.80. The average molecular weight is 468 g/mol. The molecule has 0 radical (unpaired) electrons. The first-order valence-corrected chi connectivity index (χ1v) is 12.5. The van der Waals surface area contributed by atoms with Crippen LogP contribution in [0.2, 0.25) is 0 Å². The normalized spacial score (nSPS) is 30.2. The number of para-hydroxylation sites is 1. The van der Waals surface area contributed by atoms with Crippen LogP contribution < -0.4 is 10.7 Å². The van der Waals surface area contributed by atoms with Crippen molar-refractivity contribution in [3.63, 3.8) is 0 Å². The van der Waals surface area contributed by atoms with Crippen LogP contribution in [0, 0.1) is 17.8 Å². The van der Waals surface area contributed by atoms with Gasteiger partial charge in [0.1, 0.15) is 5.58 Å². The molecule has 34 heavy (non-hydrogen) atoms. The fourth-order valence-corrected chi connectivity index (χ4v) is 6.11. The second-order valence-corrected chi connectivity index (χ2v) is 9.80. The molecule has 1 aromatic carbocycles. The minimum Gasteiger partial charge on any atom is -0.464 e. The standard InChI is InChI=1S/C27H33NO6/c1-2-32-27-18(7-5-11-29)20(21-15-33-23-8-4-3-6-19(23)25(21)30)14-24(34-27)26(31)28-22-13-16-9-10-17(22)12-16/h3-4,6,8,14-18,20,22,27,29H,2,5,7,9-13H2,1H3,(H,28,31)/t16?,17?,18-,20+,22?,27-/m1/s1. The number of carbonyl (C=O) groups excluding carboxylic acids is 1. The molecule has 0 spiro atoms. The highest BCUT2D eigenvalue weighted by Gasteiger charge is 2.43. The van der Waals surface area contributed by atoms with Crippen molar-refractivity contribution in [1.29, 1.82) is 0 Å². The van der Waals surface area contributed by atoms with E-state index in [0.717, 1.165) is 6.42 Å². The summed E-state index contributed by atoms with van der Waals surface area (Å²) in [6.07, 6.45) is 8.31. The van der Waals surface area contributed by atoms with Crippen LogP contribution in [0.25, 0.3) is 11.0 Å². The second kappa shape index (κ2) is 9.92. The Bertz CT molecular complexity index is 1120. The third-order valence-electron chi connectivity index (χ3n) is 7.76. The molecule has 182 valence electrons. The van der Waals surface area contributed by atoms with Crippen molar-refractivity contribution >= 4 is 16.9 Å². The molecular formula is C27H33NO6. The largest absolute Gasteiger partial charge is 0.464 e. The van der Waals surface area contributed by atoms with Gasteiger partial charge in [0.15, 0.2) is 11.2 Å². The van der Waals surface area contributed by atoms with Crippen LogP contribution in [0.3, 0.4) is 0 Å². The van der Waals surface area contributed by atoms with E-state index in [0.29, 0.717) is 47.8 Å². The summed E-state index contributed by atoms with van der Waals surface area (Å²) in [5.74, 6) is 0.526. The number of ether oxygens (including phenoxy) is 2. The maximum Gasteiger partial charge on any atom is 0.286 e. The highest BCUT2D eigenvalue weighted by molar-refractivity contribution is 5.92. The average Bonchev–Trinajstić information content (AvgIpc) is 3.47. The predicted octanol–water partition coefficient (Wildman–Crippen LogP) is 3.85. The summed E-state index contributed by atoms with van der Waals surface area (Å²) in [6, 6.07) is 7.33. The number of allylic oxidation sites excluding steroid dienone is 1. The van der Waals surface area contributed by atoms with Crippen LogP contribution in [-0.2, 0) is 14.3 Å². The molecule has 3 aliphatic rings. The zero-order valence-electron chi connectivity index (χ0n) is 19.6. The van der Waals surface area contributed by atoms with Crippen molar-refractivity contribution in [3.8, 4) is 0 Å². The number of amides is 1. The minimum atomic E-state index is -0.696. The molecule has 2 bridgehead atoms. The topological polar surface area (TPSA) is 98.0 Å². The Morgan fingerprint density at radius 1 is 1.24 bits per heavy atom. The summed E-state index contributed by atoms with van der Waals surface area (Å²) in [4.78, 5) is 26.7. The lowest BCUT2D eigenvalue weighted by Crippen LogP contribution is -2.43. The van der Waals surface area contributed by atoms with E-state index in [1.54, 1.807) is 18.2 Å². The molecule has 6 atom stereocenters. The molecule has 5 rings (SSSR count). The van der Waals surface area contributed by atoms with Crippen LogP contribution >= 0.6 is 0 Å². The van der Waals surface area contributed by atoms with Crippen molar-refractivity contribution in [2.24, 2.45) is 17.8 Å². The molecule has 1 aliphatic heterocycles. The molecule has 2 heterocycles. The lowest BCUT2D eigenvalue weighted by Gasteiger charge is -2.37. The van der Waals surface area contributed by atoms with Crippen LogP contribution in [0.4, 0.5) is 0 Å². The van der Waals surface area contributed by atoms with Crippen LogP contribution in [0.1, 0.15) is 56.9 Å². The van der Waals surface area contributed by atoms with E-state index < -0.39 is 12.2 Å². The first-order valence-electron chi connectivity index (χ1n) is 12.5. The molecule has 2 aromatic rings. The Hall–Kier alpha value is -2.64. The van der Waals surface area contributed by atoms with Crippen molar-refractivity contribution in [3.05, 3.63) is 58.2 Å². The van der Waals surface area contributed by atoms with Gasteiger partial charge in [-0.2, -0.15) is 0 Å². The zero-order valence-corrected chi connectivity index (χ0v) is 19.6. The molecule has 1 aromatic heterocycles. The van der Waals surface area contributed by atoms with Gasteiger partial charge in [0.05, 0.1) is 11.6 Å². The molecule has 2 N–H and O–H groups in total. The Labute approximate surface area is 199 Å². The van der Waals surface area contributed by atoms with Gasteiger partial charge in [-0.05, 0) is 69.1 Å². The molecule has 3 unspecified atom stereocenters. The molecular weight excluding hydrogens is 434 g/mol. The fourth-order valence-electron chi connectivity index (χ4n) is 6.11. The van der Waals surface area contributed by atoms with E-state index in [4.69, 9.17) is 13.9 Å². The number of hydrogen-bond acceptors (Lipinski definition) is 6. The summed E-state index contributed by atoms with van der Waals surface area (Å²) in [5.41, 5.74) is 0.872. The number of fused-ring (bicyclic) bond motifs is 3. The number of benzene rings is 1. The number of rotatable bonds is 8. The summed E-state index contributed by atoms with van der Waals surface area (Å²) in [5, 5.41) is 13.2. The predicted molar refractivity (Wildman–Crippen MR) is 127 cm³/mol. The minimum absolute atomic E-state index is 0.0235. The van der Waals surface area contributed by atoms with Crippen molar-refractivity contribution < 1.29 is 23.8 Å². The maximum atomic E-state index is 13.4. The van der Waals surface area contributed by atoms with Crippen LogP contribution in [0.15, 0.2) is 51.6 Å². The number of carbonyl (C=O) groups is 1. The van der Waals surface area contributed by atoms with E-state index in [2.05, 4.69) is 5.32 Å². The first kappa shape index (κ1) is 23.1. The lowest BCUT2D eigenvalue weighted by atomic mass is 9.81. The fraction of sp³-hybridized carbons (Fsp3) is 0.556. The van der Waals surface area contributed by atoms with Crippen molar-refractivity contribution in [2.45, 2.75) is 63.7 Å². The number of aliphatic hydroxyl groups excluding tert-OH is 1. The molecule has 0 saturated heterocycles. The molecule has 2 fully saturated rings. The van der Waals surface area contributed by atoms with E-state index >= 15 is 0 Å². The third kappa shape index (κ3) is 4.39. The highest BCUT2D eigenvalue weighted by Crippen LogP contribution is 2.45. The highest BCUT2D eigenvalue weighted by atomic mass is 16.7. The van der Waals surface area contributed by atoms with Crippen molar-refractivity contribution in [1.82, 2.24) is 5.32 Å². The van der Waals surface area contributed by atoms with Crippen molar-refractivity contribution in [2.75, 3.05) is 13.2 Å². The third-order valence-corrected chi connectivity index (χ3v) is 7.76. The summed E-state index contributed by atoms with van der Waals surface area (Å²) in [7, 11) is 0. The van der Waals surface area contributed by atoms with E-state index in [9.17, 15) is 14.7 Å². The summed E-state index contributed by atoms with van der Waals surface area (Å²) >= 11 is 0. The van der Waals surface area contributed by atoms with Gasteiger partial charge < -0.3 is 24.3 Å². The van der Waals surface area contributed by atoms with Gasteiger partial charge in [0.2, 0.25) is 6.29 Å². The Balaban J connectivity index is 1.50. The van der Waals surface area contributed by atoms with Gasteiger partial charge in [-0.25, -0.2) is 0 Å². The van der Waals surface area contributed by atoms with Gasteiger partial charge in [-0.3, -0.25) is 9.59 Å². The smallest absolute Gasteiger partial charge is 0.286 e. The maximum absolute atomic E-state index is 13.4. The zero-order chi connectivity index (χ0) is 23.7. The van der Waals surface area contributed by atoms with E-state index in [-0.39, 0.29) is 35.7 Å². The van der Waals surface area contributed by atoms with E-state index in [1.807, 2.05) is 19.1 Å². The molecule has 2 aliphatic carbocycles.